The molecule has 0 radical (unpaired) electrons. The van der Waals surface area contributed by atoms with Crippen LogP contribution in [0, 0.1) is 0 Å². The fourth-order valence-electron chi connectivity index (χ4n) is 4.00. The van der Waals surface area contributed by atoms with Crippen LogP contribution in [0.25, 0.3) is 21.7 Å². The number of piperazine rings is 1. The molecule has 0 N–H and O–H groups in total. The standard InChI is InChI=1S/C24H25N5O2S/c1-16(2)21-20-12-18(13-25-22(20)31-27-21)24(30)29-10-8-28(9-11-29)14-19-15-32-23(26-19)17-6-4-3-5-7-17/h3-7,12-13,15-16H,8-11,14H2,1-2H3. The minimum absolute atomic E-state index is 0.00924. The Kier molecular flexibility index (Phi) is 5.71. The summed E-state index contributed by atoms with van der Waals surface area (Å²) in [5, 5.41) is 8.10. The van der Waals surface area contributed by atoms with E-state index in [1.165, 1.54) is 0 Å². The van der Waals surface area contributed by atoms with E-state index < -0.39 is 0 Å². The van der Waals surface area contributed by atoms with Gasteiger partial charge >= 0.3 is 0 Å². The molecule has 3 aromatic heterocycles. The number of nitrogens with zero attached hydrogens (tertiary/aromatic N) is 5. The zero-order chi connectivity index (χ0) is 22.1. The summed E-state index contributed by atoms with van der Waals surface area (Å²) >= 11 is 1.68. The maximum absolute atomic E-state index is 13.1. The largest absolute Gasteiger partial charge is 0.336 e. The number of rotatable bonds is 5. The minimum atomic E-state index is 0.00924. The fourth-order valence-corrected chi connectivity index (χ4v) is 4.81. The van der Waals surface area contributed by atoms with Crippen molar-refractivity contribution in [3.05, 3.63) is 64.9 Å². The lowest BCUT2D eigenvalue weighted by atomic mass is 10.1. The number of aromatic nitrogens is 3. The highest BCUT2D eigenvalue weighted by atomic mass is 32.1. The molecule has 4 heterocycles. The van der Waals surface area contributed by atoms with Crippen molar-refractivity contribution in [3.63, 3.8) is 0 Å². The number of hydrogen-bond acceptors (Lipinski definition) is 7. The molecule has 32 heavy (non-hydrogen) atoms. The lowest BCUT2D eigenvalue weighted by Gasteiger charge is -2.34. The van der Waals surface area contributed by atoms with Gasteiger partial charge in [0.05, 0.1) is 22.3 Å². The molecule has 7 nitrogen and oxygen atoms in total. The zero-order valence-corrected chi connectivity index (χ0v) is 19.0. The SMILES string of the molecule is CC(C)c1noc2ncc(C(=O)N3CCN(Cc4csc(-c5ccccc5)n4)CC3)cc12. The molecule has 1 fully saturated rings. The van der Waals surface area contributed by atoms with E-state index in [0.717, 1.165) is 47.0 Å². The number of thiazole rings is 1. The summed E-state index contributed by atoms with van der Waals surface area (Å²) < 4.78 is 5.29. The first-order valence-electron chi connectivity index (χ1n) is 10.9. The van der Waals surface area contributed by atoms with Crippen LogP contribution in [-0.4, -0.2) is 57.0 Å². The molecule has 0 spiro atoms. The van der Waals surface area contributed by atoms with Crippen LogP contribution in [0.5, 0.6) is 0 Å². The molecule has 8 heteroatoms. The quantitative estimate of drug-likeness (QED) is 0.451. The van der Waals surface area contributed by atoms with E-state index in [1.807, 2.05) is 29.2 Å². The van der Waals surface area contributed by atoms with Gasteiger partial charge in [-0.25, -0.2) is 9.97 Å². The third kappa shape index (κ3) is 4.16. The van der Waals surface area contributed by atoms with Crippen LogP contribution in [-0.2, 0) is 6.54 Å². The van der Waals surface area contributed by atoms with E-state index in [1.54, 1.807) is 17.5 Å². The number of carbonyl (C=O) groups excluding carboxylic acids is 1. The molecule has 164 valence electrons. The highest BCUT2D eigenvalue weighted by molar-refractivity contribution is 7.13. The van der Waals surface area contributed by atoms with E-state index in [0.29, 0.717) is 24.4 Å². The first-order valence-corrected chi connectivity index (χ1v) is 11.7. The second-order valence-corrected chi connectivity index (χ2v) is 9.24. The molecule has 1 aliphatic rings. The molecule has 1 saturated heterocycles. The number of carbonyl (C=O) groups is 1. The van der Waals surface area contributed by atoms with E-state index in [2.05, 4.69) is 46.4 Å². The Labute approximate surface area is 190 Å². The summed E-state index contributed by atoms with van der Waals surface area (Å²) in [7, 11) is 0. The van der Waals surface area contributed by atoms with Gasteiger partial charge < -0.3 is 9.42 Å². The number of hydrogen-bond donors (Lipinski definition) is 0. The van der Waals surface area contributed by atoms with Crippen LogP contribution in [0.2, 0.25) is 0 Å². The lowest BCUT2D eigenvalue weighted by molar-refractivity contribution is 0.0627. The Balaban J connectivity index is 1.21. The van der Waals surface area contributed by atoms with E-state index in [4.69, 9.17) is 9.51 Å². The molecule has 1 aliphatic heterocycles. The highest BCUT2D eigenvalue weighted by Crippen LogP contribution is 2.26. The van der Waals surface area contributed by atoms with Crippen molar-refractivity contribution in [3.8, 4) is 10.6 Å². The topological polar surface area (TPSA) is 75.4 Å². The average molecular weight is 448 g/mol. The van der Waals surface area contributed by atoms with Crippen LogP contribution >= 0.6 is 11.3 Å². The van der Waals surface area contributed by atoms with Gasteiger partial charge in [-0.1, -0.05) is 49.3 Å². The van der Waals surface area contributed by atoms with Crippen LogP contribution in [0.4, 0.5) is 0 Å². The number of amides is 1. The maximum atomic E-state index is 13.1. The Bertz CT molecular complexity index is 1230. The van der Waals surface area contributed by atoms with Gasteiger partial charge in [0, 0.05) is 49.9 Å². The second-order valence-electron chi connectivity index (χ2n) is 8.38. The molecule has 0 saturated carbocycles. The monoisotopic (exact) mass is 447 g/mol. The Morgan fingerprint density at radius 2 is 1.94 bits per heavy atom. The van der Waals surface area contributed by atoms with Gasteiger partial charge in [0.1, 0.15) is 5.01 Å². The van der Waals surface area contributed by atoms with Gasteiger partial charge in [-0.3, -0.25) is 9.69 Å². The van der Waals surface area contributed by atoms with Gasteiger partial charge in [0.15, 0.2) is 0 Å². The number of benzene rings is 1. The van der Waals surface area contributed by atoms with Gasteiger partial charge in [-0.05, 0) is 12.0 Å². The van der Waals surface area contributed by atoms with Gasteiger partial charge in [-0.2, -0.15) is 0 Å². The molecule has 1 amide bonds. The highest BCUT2D eigenvalue weighted by Gasteiger charge is 2.24. The summed E-state index contributed by atoms with van der Waals surface area (Å²) in [6, 6.07) is 12.1. The van der Waals surface area contributed by atoms with Crippen LogP contribution in [0.3, 0.4) is 0 Å². The van der Waals surface area contributed by atoms with Crippen LogP contribution in [0.15, 0.2) is 52.5 Å². The molecule has 5 rings (SSSR count). The maximum Gasteiger partial charge on any atom is 0.257 e. The van der Waals surface area contributed by atoms with E-state index in [9.17, 15) is 4.79 Å². The Morgan fingerprint density at radius 3 is 2.69 bits per heavy atom. The summed E-state index contributed by atoms with van der Waals surface area (Å²) in [6.07, 6.45) is 1.59. The van der Waals surface area contributed by atoms with Crippen molar-refractivity contribution < 1.29 is 9.32 Å². The van der Waals surface area contributed by atoms with Crippen molar-refractivity contribution >= 4 is 28.3 Å². The smallest absolute Gasteiger partial charge is 0.257 e. The van der Waals surface area contributed by atoms with E-state index >= 15 is 0 Å². The molecular weight excluding hydrogens is 422 g/mol. The third-order valence-electron chi connectivity index (χ3n) is 5.77. The van der Waals surface area contributed by atoms with Crippen LogP contribution in [0.1, 0.15) is 41.5 Å². The molecule has 1 aromatic carbocycles. The van der Waals surface area contributed by atoms with Crippen molar-refractivity contribution in [1.82, 2.24) is 24.9 Å². The van der Waals surface area contributed by atoms with Crippen molar-refractivity contribution in [2.24, 2.45) is 0 Å². The van der Waals surface area contributed by atoms with Crippen LogP contribution < -0.4 is 0 Å². The summed E-state index contributed by atoms with van der Waals surface area (Å²) in [5.41, 5.74) is 4.14. The van der Waals surface area contributed by atoms with Gasteiger partial charge in [-0.15, -0.1) is 11.3 Å². The predicted octanol–water partition coefficient (Wildman–Crippen LogP) is 4.43. The number of fused-ring (bicyclic) bond motifs is 1. The summed E-state index contributed by atoms with van der Waals surface area (Å²) in [6.45, 7) is 7.93. The zero-order valence-electron chi connectivity index (χ0n) is 18.2. The van der Waals surface area contributed by atoms with Crippen molar-refractivity contribution in [1.29, 1.82) is 0 Å². The molecule has 0 aliphatic carbocycles. The Hall–Kier alpha value is -3.10. The first kappa shape index (κ1) is 20.8. The molecular formula is C24H25N5O2S. The molecule has 0 atom stereocenters. The van der Waals surface area contributed by atoms with Crippen molar-refractivity contribution in [2.75, 3.05) is 26.2 Å². The average Bonchev–Trinajstić information content (AvgIpc) is 3.46. The Morgan fingerprint density at radius 1 is 1.16 bits per heavy atom. The first-order chi connectivity index (χ1) is 15.6. The molecule has 0 bridgehead atoms. The van der Waals surface area contributed by atoms with E-state index in [-0.39, 0.29) is 11.8 Å². The number of pyridine rings is 1. The third-order valence-corrected chi connectivity index (χ3v) is 6.71. The molecule has 4 aromatic rings. The molecule has 0 unspecified atom stereocenters. The lowest BCUT2D eigenvalue weighted by Crippen LogP contribution is -2.48. The summed E-state index contributed by atoms with van der Waals surface area (Å²) in [5.74, 6) is 0.218. The fraction of sp³-hybridized carbons (Fsp3) is 0.333. The second kappa shape index (κ2) is 8.80. The van der Waals surface area contributed by atoms with Gasteiger partial charge in [0.2, 0.25) is 0 Å². The minimum Gasteiger partial charge on any atom is -0.336 e. The predicted molar refractivity (Wildman–Crippen MR) is 125 cm³/mol. The van der Waals surface area contributed by atoms with Crippen molar-refractivity contribution in [2.45, 2.75) is 26.3 Å². The van der Waals surface area contributed by atoms with Gasteiger partial charge in [0.25, 0.3) is 11.6 Å². The summed E-state index contributed by atoms with van der Waals surface area (Å²) in [4.78, 5) is 26.4. The normalized spacial score (nSPS) is 15.0.